The highest BCUT2D eigenvalue weighted by molar-refractivity contribution is 6.26. The molecule has 0 fully saturated rings. The topological polar surface area (TPSA) is 52.5 Å². The summed E-state index contributed by atoms with van der Waals surface area (Å²) in [6.07, 6.45) is 0. The van der Waals surface area contributed by atoms with Crippen LogP contribution < -0.4 is 0 Å². The van der Waals surface area contributed by atoms with Gasteiger partial charge in [0.25, 0.3) is 0 Å². The maximum absolute atomic E-state index is 9.89. The minimum atomic E-state index is 0.485. The van der Waals surface area contributed by atoms with Crippen molar-refractivity contribution in [1.29, 1.82) is 10.5 Å². The first-order valence-corrected chi connectivity index (χ1v) is 10.1. The molecule has 6 aromatic rings. The second-order valence-electron chi connectivity index (χ2n) is 7.62. The van der Waals surface area contributed by atoms with Crippen LogP contribution in [0.4, 0.5) is 0 Å². The van der Waals surface area contributed by atoms with Gasteiger partial charge in [0.2, 0.25) is 0 Å². The van der Waals surface area contributed by atoms with E-state index in [2.05, 4.69) is 71.3 Å². The summed E-state index contributed by atoms with van der Waals surface area (Å²) in [6.45, 7) is 0. The van der Waals surface area contributed by atoms with Crippen LogP contribution in [0, 0.1) is 22.7 Å². The molecule has 142 valence electrons. The van der Waals surface area contributed by atoms with Crippen molar-refractivity contribution in [2.45, 2.75) is 0 Å². The molecule has 31 heavy (non-hydrogen) atoms. The fourth-order valence-electron chi connectivity index (χ4n) is 4.74. The lowest BCUT2D eigenvalue weighted by Gasteiger charge is -2.13. The molecule has 0 amide bonds. The van der Waals surface area contributed by atoms with Crippen LogP contribution in [-0.4, -0.2) is 4.57 Å². The molecule has 3 heteroatoms. The SMILES string of the molecule is N#Cc1cccc(C#N)c1-n1c2ccc3ccccc3c2c2ccc3ccccc3c21. The summed E-state index contributed by atoms with van der Waals surface area (Å²) in [5.74, 6) is 0. The average Bonchev–Trinajstić information content (AvgIpc) is 3.18. The molecule has 0 saturated heterocycles. The number of hydrogen-bond donors (Lipinski definition) is 0. The summed E-state index contributed by atoms with van der Waals surface area (Å²) < 4.78 is 2.11. The molecule has 0 aliphatic rings. The quantitative estimate of drug-likeness (QED) is 0.307. The fraction of sp³-hybridized carbons (Fsp3) is 0. The van der Waals surface area contributed by atoms with Crippen molar-refractivity contribution >= 4 is 43.4 Å². The fourth-order valence-corrected chi connectivity index (χ4v) is 4.74. The largest absolute Gasteiger partial charge is 0.306 e. The van der Waals surface area contributed by atoms with E-state index in [1.54, 1.807) is 18.2 Å². The van der Waals surface area contributed by atoms with E-state index < -0.39 is 0 Å². The van der Waals surface area contributed by atoms with Crippen LogP contribution in [0.25, 0.3) is 49.0 Å². The van der Waals surface area contributed by atoms with Crippen LogP contribution >= 0.6 is 0 Å². The number of hydrogen-bond acceptors (Lipinski definition) is 2. The summed E-state index contributed by atoms with van der Waals surface area (Å²) >= 11 is 0. The molecule has 1 heterocycles. The summed E-state index contributed by atoms with van der Waals surface area (Å²) in [7, 11) is 0. The number of nitriles is 2. The Hall–Kier alpha value is -4.60. The van der Waals surface area contributed by atoms with Crippen molar-refractivity contribution in [2.75, 3.05) is 0 Å². The molecule has 3 nitrogen and oxygen atoms in total. The zero-order valence-electron chi connectivity index (χ0n) is 16.5. The summed E-state index contributed by atoms with van der Waals surface area (Å²) in [4.78, 5) is 0. The van der Waals surface area contributed by atoms with Gasteiger partial charge in [-0.2, -0.15) is 10.5 Å². The Kier molecular flexibility index (Phi) is 3.60. The van der Waals surface area contributed by atoms with E-state index in [0.29, 0.717) is 16.8 Å². The Morgan fingerprint density at radius 1 is 0.548 bits per heavy atom. The average molecular weight is 393 g/mol. The van der Waals surface area contributed by atoms with Crippen molar-refractivity contribution < 1.29 is 0 Å². The Balaban J connectivity index is 1.98. The van der Waals surface area contributed by atoms with E-state index in [4.69, 9.17) is 0 Å². The van der Waals surface area contributed by atoms with Crippen LogP contribution in [0.15, 0.2) is 91.0 Å². The second-order valence-corrected chi connectivity index (χ2v) is 7.62. The van der Waals surface area contributed by atoms with Crippen LogP contribution in [0.2, 0.25) is 0 Å². The minimum Gasteiger partial charge on any atom is -0.306 e. The number of para-hydroxylation sites is 1. The lowest BCUT2D eigenvalue weighted by molar-refractivity contribution is 1.16. The van der Waals surface area contributed by atoms with Crippen molar-refractivity contribution in [2.24, 2.45) is 0 Å². The van der Waals surface area contributed by atoms with E-state index in [1.165, 1.54) is 0 Å². The molecule has 0 unspecified atom stereocenters. The molecule has 0 atom stereocenters. The monoisotopic (exact) mass is 393 g/mol. The molecular formula is C28H15N3. The zero-order valence-corrected chi connectivity index (χ0v) is 16.5. The highest BCUT2D eigenvalue weighted by Crippen LogP contribution is 2.41. The molecule has 0 N–H and O–H groups in total. The Bertz CT molecular complexity index is 1730. The van der Waals surface area contributed by atoms with Crippen molar-refractivity contribution in [3.05, 3.63) is 102 Å². The minimum absolute atomic E-state index is 0.485. The molecule has 0 aliphatic heterocycles. The third-order valence-electron chi connectivity index (χ3n) is 6.04. The Morgan fingerprint density at radius 2 is 1.16 bits per heavy atom. The van der Waals surface area contributed by atoms with Gasteiger partial charge in [-0.05, 0) is 34.4 Å². The van der Waals surface area contributed by atoms with E-state index >= 15 is 0 Å². The first-order chi connectivity index (χ1) is 15.3. The van der Waals surface area contributed by atoms with Crippen LogP contribution in [0.1, 0.15) is 11.1 Å². The highest BCUT2D eigenvalue weighted by Gasteiger charge is 2.20. The smallest absolute Gasteiger partial charge is 0.101 e. The van der Waals surface area contributed by atoms with Crippen molar-refractivity contribution in [1.82, 2.24) is 4.57 Å². The first-order valence-electron chi connectivity index (χ1n) is 10.1. The summed E-state index contributed by atoms with van der Waals surface area (Å²) in [5.41, 5.74) is 3.62. The molecule has 0 bridgehead atoms. The maximum Gasteiger partial charge on any atom is 0.101 e. The normalized spacial score (nSPS) is 11.2. The predicted molar refractivity (Wildman–Crippen MR) is 125 cm³/mol. The van der Waals surface area contributed by atoms with E-state index in [1.807, 2.05) is 18.2 Å². The van der Waals surface area contributed by atoms with Gasteiger partial charge >= 0.3 is 0 Å². The van der Waals surface area contributed by atoms with Gasteiger partial charge < -0.3 is 4.57 Å². The molecule has 6 rings (SSSR count). The Labute approximate surface area is 178 Å². The number of benzene rings is 5. The molecule has 0 spiro atoms. The van der Waals surface area contributed by atoms with E-state index in [-0.39, 0.29) is 0 Å². The number of nitrogens with zero attached hydrogens (tertiary/aromatic N) is 3. The van der Waals surface area contributed by atoms with Gasteiger partial charge in [-0.3, -0.25) is 0 Å². The zero-order chi connectivity index (χ0) is 20.9. The first kappa shape index (κ1) is 17.3. The Morgan fingerprint density at radius 3 is 1.87 bits per heavy atom. The van der Waals surface area contributed by atoms with Crippen LogP contribution in [-0.2, 0) is 0 Å². The molecule has 0 saturated carbocycles. The lowest BCUT2D eigenvalue weighted by Crippen LogP contribution is -2.01. The van der Waals surface area contributed by atoms with Crippen molar-refractivity contribution in [3.8, 4) is 17.8 Å². The van der Waals surface area contributed by atoms with Gasteiger partial charge in [-0.1, -0.05) is 72.8 Å². The standard InChI is InChI=1S/C28H15N3/c29-16-20-8-5-9-21(17-30)27(20)31-25-15-13-18-6-1-3-10-22(18)26(25)24-14-12-19-7-2-4-11-23(19)28(24)31/h1-15H. The molecule has 0 radical (unpaired) electrons. The highest BCUT2D eigenvalue weighted by atomic mass is 15.0. The number of fused-ring (bicyclic) bond motifs is 7. The van der Waals surface area contributed by atoms with Gasteiger partial charge in [-0.15, -0.1) is 0 Å². The number of aromatic nitrogens is 1. The summed E-state index contributed by atoms with van der Waals surface area (Å²) in [5, 5.41) is 26.6. The van der Waals surface area contributed by atoms with Gasteiger partial charge in [0.1, 0.15) is 12.1 Å². The van der Waals surface area contributed by atoms with Gasteiger partial charge in [0.15, 0.2) is 0 Å². The maximum atomic E-state index is 9.89. The predicted octanol–water partition coefficient (Wildman–Crippen LogP) is 6.83. The summed E-state index contributed by atoms with van der Waals surface area (Å²) in [6, 6.07) is 35.0. The van der Waals surface area contributed by atoms with Crippen LogP contribution in [0.5, 0.6) is 0 Å². The molecular weight excluding hydrogens is 378 g/mol. The number of rotatable bonds is 1. The molecule has 5 aromatic carbocycles. The third kappa shape index (κ3) is 2.32. The van der Waals surface area contributed by atoms with Crippen molar-refractivity contribution in [3.63, 3.8) is 0 Å². The second kappa shape index (κ2) is 6.46. The molecule has 0 aliphatic carbocycles. The van der Waals surface area contributed by atoms with Gasteiger partial charge in [-0.25, -0.2) is 0 Å². The van der Waals surface area contributed by atoms with Crippen LogP contribution in [0.3, 0.4) is 0 Å². The molecule has 1 aromatic heterocycles. The lowest BCUT2D eigenvalue weighted by atomic mass is 10.0. The van der Waals surface area contributed by atoms with Gasteiger partial charge in [0.05, 0.1) is 27.8 Å². The third-order valence-corrected chi connectivity index (χ3v) is 6.04. The van der Waals surface area contributed by atoms with Gasteiger partial charge in [0, 0.05) is 16.2 Å². The van der Waals surface area contributed by atoms with E-state index in [9.17, 15) is 10.5 Å². The van der Waals surface area contributed by atoms with E-state index in [0.717, 1.165) is 43.4 Å².